The Hall–Kier alpha value is -2.41. The summed E-state index contributed by atoms with van der Waals surface area (Å²) in [5, 5.41) is 3.97. The molecule has 1 fully saturated rings. The van der Waals surface area contributed by atoms with Crippen LogP contribution in [0.25, 0.3) is 11.1 Å². The van der Waals surface area contributed by atoms with E-state index in [9.17, 15) is 4.79 Å². The molecule has 0 spiro atoms. The Bertz CT molecular complexity index is 984. The molecule has 6 nitrogen and oxygen atoms in total. The number of anilines is 2. The molecule has 1 atom stereocenters. The molecule has 1 aromatic carbocycles. The van der Waals surface area contributed by atoms with Gasteiger partial charge in [-0.25, -0.2) is 9.97 Å². The summed E-state index contributed by atoms with van der Waals surface area (Å²) in [6.45, 7) is 5.47. The van der Waals surface area contributed by atoms with Gasteiger partial charge in [0.25, 0.3) is 0 Å². The zero-order valence-corrected chi connectivity index (χ0v) is 16.9. The van der Waals surface area contributed by atoms with Crippen LogP contribution in [0.3, 0.4) is 0 Å². The van der Waals surface area contributed by atoms with Crippen LogP contribution in [0.1, 0.15) is 24.2 Å². The lowest BCUT2D eigenvalue weighted by molar-refractivity contribution is -0.120. The Morgan fingerprint density at radius 1 is 1.26 bits per heavy atom. The Morgan fingerprint density at radius 2 is 2.04 bits per heavy atom. The summed E-state index contributed by atoms with van der Waals surface area (Å²) < 4.78 is 6.72. The molecular weight excluding hydrogens is 408 g/mol. The number of carbonyl (C=O) groups excluding carboxylic acids is 1. The molecule has 1 saturated heterocycles. The first-order valence-electron chi connectivity index (χ1n) is 9.05. The molecule has 7 heteroatoms. The molecule has 140 valence electrons. The van der Waals surface area contributed by atoms with Crippen LogP contribution in [0.5, 0.6) is 0 Å². The number of furan rings is 1. The fourth-order valence-corrected chi connectivity index (χ4v) is 3.83. The van der Waals surface area contributed by atoms with E-state index < -0.39 is 0 Å². The van der Waals surface area contributed by atoms with Crippen LogP contribution in [0.2, 0.25) is 0 Å². The van der Waals surface area contributed by atoms with Gasteiger partial charge in [0.05, 0.1) is 11.3 Å². The molecule has 0 saturated carbocycles. The van der Waals surface area contributed by atoms with E-state index in [4.69, 9.17) is 4.42 Å². The summed E-state index contributed by atoms with van der Waals surface area (Å²) in [5.41, 5.74) is 2.48. The Balaban J connectivity index is 1.55. The third-order valence-electron chi connectivity index (χ3n) is 5.15. The van der Waals surface area contributed by atoms with Gasteiger partial charge in [-0.05, 0) is 51.0 Å². The standard InChI is InChI=1S/C20H21BrN4O2/c1-12-13(2)27-20-17(12)18(22-11-23-20)25-9-3-4-14(10-25)19(26)24-16-7-5-15(21)6-8-16/h5-8,11,14H,3-4,9-10H2,1-2H3,(H,24,26)/t14-/m0/s1. The number of hydrogen-bond acceptors (Lipinski definition) is 5. The van der Waals surface area contributed by atoms with Crippen LogP contribution in [0.4, 0.5) is 11.5 Å². The van der Waals surface area contributed by atoms with Gasteiger partial charge in [0.15, 0.2) is 0 Å². The third kappa shape index (κ3) is 3.56. The molecular formula is C20H21BrN4O2. The van der Waals surface area contributed by atoms with Crippen molar-refractivity contribution in [3.8, 4) is 0 Å². The van der Waals surface area contributed by atoms with Crippen molar-refractivity contribution in [3.63, 3.8) is 0 Å². The number of aryl methyl sites for hydroxylation is 2. The average molecular weight is 429 g/mol. The molecule has 4 rings (SSSR count). The maximum atomic E-state index is 12.8. The zero-order valence-electron chi connectivity index (χ0n) is 15.3. The largest absolute Gasteiger partial charge is 0.443 e. The van der Waals surface area contributed by atoms with E-state index >= 15 is 0 Å². The number of fused-ring (bicyclic) bond motifs is 1. The molecule has 0 bridgehead atoms. The summed E-state index contributed by atoms with van der Waals surface area (Å²) in [7, 11) is 0. The number of carbonyl (C=O) groups is 1. The minimum Gasteiger partial charge on any atom is -0.443 e. The van der Waals surface area contributed by atoms with Gasteiger partial charge in [-0.3, -0.25) is 4.79 Å². The first-order chi connectivity index (χ1) is 13.0. The topological polar surface area (TPSA) is 71.3 Å². The molecule has 27 heavy (non-hydrogen) atoms. The smallest absolute Gasteiger partial charge is 0.231 e. The van der Waals surface area contributed by atoms with Crippen molar-refractivity contribution in [2.24, 2.45) is 5.92 Å². The quantitative estimate of drug-likeness (QED) is 0.666. The average Bonchev–Trinajstić information content (AvgIpc) is 2.98. The summed E-state index contributed by atoms with van der Waals surface area (Å²) in [5.74, 6) is 1.68. The van der Waals surface area contributed by atoms with Crippen LogP contribution in [-0.2, 0) is 4.79 Å². The highest BCUT2D eigenvalue weighted by Crippen LogP contribution is 2.32. The second-order valence-electron chi connectivity index (χ2n) is 6.94. The lowest BCUT2D eigenvalue weighted by Gasteiger charge is -2.33. The Morgan fingerprint density at radius 3 is 2.81 bits per heavy atom. The van der Waals surface area contributed by atoms with Gasteiger partial charge in [-0.2, -0.15) is 0 Å². The predicted octanol–water partition coefficient (Wildman–Crippen LogP) is 4.46. The summed E-state index contributed by atoms with van der Waals surface area (Å²) in [4.78, 5) is 23.7. The first kappa shape index (κ1) is 18.0. The van der Waals surface area contributed by atoms with E-state index in [2.05, 4.69) is 36.1 Å². The minimum atomic E-state index is -0.0827. The lowest BCUT2D eigenvalue weighted by Crippen LogP contribution is -2.41. The van der Waals surface area contributed by atoms with E-state index in [0.29, 0.717) is 12.3 Å². The summed E-state index contributed by atoms with van der Waals surface area (Å²) in [6, 6.07) is 7.64. The number of benzene rings is 1. The number of aromatic nitrogens is 2. The summed E-state index contributed by atoms with van der Waals surface area (Å²) >= 11 is 3.41. The highest BCUT2D eigenvalue weighted by atomic mass is 79.9. The second-order valence-corrected chi connectivity index (χ2v) is 7.86. The molecule has 1 aliphatic heterocycles. The maximum absolute atomic E-state index is 12.8. The highest BCUT2D eigenvalue weighted by molar-refractivity contribution is 9.10. The molecule has 1 aliphatic rings. The molecule has 0 aliphatic carbocycles. The molecule has 2 aromatic heterocycles. The molecule has 0 radical (unpaired) electrons. The van der Waals surface area contributed by atoms with Crippen LogP contribution in [0.15, 0.2) is 39.5 Å². The normalized spacial score (nSPS) is 17.3. The van der Waals surface area contributed by atoms with Crippen molar-refractivity contribution < 1.29 is 9.21 Å². The molecule has 3 aromatic rings. The van der Waals surface area contributed by atoms with Crippen molar-refractivity contribution in [1.82, 2.24) is 9.97 Å². The Kier molecular flexibility index (Phi) is 4.86. The van der Waals surface area contributed by atoms with E-state index in [1.165, 1.54) is 6.33 Å². The van der Waals surface area contributed by atoms with Crippen LogP contribution in [-0.4, -0.2) is 29.0 Å². The van der Waals surface area contributed by atoms with E-state index in [-0.39, 0.29) is 11.8 Å². The maximum Gasteiger partial charge on any atom is 0.231 e. The van der Waals surface area contributed by atoms with E-state index in [0.717, 1.165) is 52.1 Å². The molecule has 1 N–H and O–H groups in total. The fraction of sp³-hybridized carbons (Fsp3) is 0.350. The molecule has 1 amide bonds. The van der Waals surface area contributed by atoms with E-state index in [1.807, 2.05) is 38.1 Å². The van der Waals surface area contributed by atoms with Crippen LogP contribution < -0.4 is 10.2 Å². The lowest BCUT2D eigenvalue weighted by atomic mass is 9.96. The van der Waals surface area contributed by atoms with Gasteiger partial charge in [0.2, 0.25) is 11.6 Å². The van der Waals surface area contributed by atoms with Gasteiger partial charge in [-0.15, -0.1) is 0 Å². The van der Waals surface area contributed by atoms with Crippen molar-refractivity contribution in [2.75, 3.05) is 23.3 Å². The third-order valence-corrected chi connectivity index (χ3v) is 5.68. The SMILES string of the molecule is Cc1oc2ncnc(N3CCC[C@H](C(=O)Nc4ccc(Br)cc4)C3)c2c1C. The van der Waals surface area contributed by atoms with Crippen molar-refractivity contribution in [1.29, 1.82) is 0 Å². The zero-order chi connectivity index (χ0) is 19.0. The van der Waals surface area contributed by atoms with Crippen molar-refractivity contribution in [2.45, 2.75) is 26.7 Å². The number of nitrogens with zero attached hydrogens (tertiary/aromatic N) is 3. The van der Waals surface area contributed by atoms with Gasteiger partial charge in [0, 0.05) is 28.8 Å². The number of piperidine rings is 1. The second kappa shape index (κ2) is 7.31. The number of halogens is 1. The summed E-state index contributed by atoms with van der Waals surface area (Å²) in [6.07, 6.45) is 3.35. The monoisotopic (exact) mass is 428 g/mol. The number of amides is 1. The fourth-order valence-electron chi connectivity index (χ4n) is 3.56. The van der Waals surface area contributed by atoms with E-state index in [1.54, 1.807) is 0 Å². The van der Waals surface area contributed by atoms with Crippen molar-refractivity contribution in [3.05, 3.63) is 46.4 Å². The molecule has 3 heterocycles. The molecule has 0 unspecified atom stereocenters. The van der Waals surface area contributed by atoms with Crippen LogP contribution in [0, 0.1) is 19.8 Å². The number of hydrogen-bond donors (Lipinski definition) is 1. The Labute approximate surface area is 166 Å². The predicted molar refractivity (Wildman–Crippen MR) is 109 cm³/mol. The van der Waals surface area contributed by atoms with Gasteiger partial charge in [-0.1, -0.05) is 15.9 Å². The van der Waals surface area contributed by atoms with Crippen LogP contribution >= 0.6 is 15.9 Å². The van der Waals surface area contributed by atoms with Gasteiger partial charge in [0.1, 0.15) is 17.9 Å². The first-order valence-corrected chi connectivity index (χ1v) is 9.84. The highest BCUT2D eigenvalue weighted by Gasteiger charge is 2.28. The minimum absolute atomic E-state index is 0.0485. The number of rotatable bonds is 3. The van der Waals surface area contributed by atoms with Crippen molar-refractivity contribution >= 4 is 44.4 Å². The number of nitrogens with one attached hydrogen (secondary N) is 1. The van der Waals surface area contributed by atoms with Gasteiger partial charge < -0.3 is 14.6 Å². The van der Waals surface area contributed by atoms with Gasteiger partial charge >= 0.3 is 0 Å².